The van der Waals surface area contributed by atoms with E-state index in [9.17, 15) is 0 Å². The summed E-state index contributed by atoms with van der Waals surface area (Å²) in [4.78, 5) is 12.6. The van der Waals surface area contributed by atoms with E-state index >= 15 is 0 Å². The van der Waals surface area contributed by atoms with Crippen molar-refractivity contribution in [3.8, 4) is 6.01 Å². The number of thioether (sulfide) groups is 1. The van der Waals surface area contributed by atoms with Crippen molar-refractivity contribution in [1.29, 1.82) is 0 Å². The van der Waals surface area contributed by atoms with Gasteiger partial charge in [-0.05, 0) is 25.5 Å². The molecule has 0 saturated carbocycles. The molecule has 18 heavy (non-hydrogen) atoms. The van der Waals surface area contributed by atoms with E-state index < -0.39 is 0 Å². The van der Waals surface area contributed by atoms with Gasteiger partial charge in [-0.3, -0.25) is 0 Å². The molecule has 1 fully saturated rings. The summed E-state index contributed by atoms with van der Waals surface area (Å²) in [6.07, 6.45) is 2.57. The van der Waals surface area contributed by atoms with Gasteiger partial charge in [0.05, 0.1) is 7.11 Å². The third-order valence-corrected chi connectivity index (χ3v) is 4.04. The molecule has 7 heteroatoms. The van der Waals surface area contributed by atoms with Crippen molar-refractivity contribution in [2.75, 3.05) is 36.6 Å². The fourth-order valence-corrected chi connectivity index (χ4v) is 2.98. The fourth-order valence-electron chi connectivity index (χ4n) is 1.77. The zero-order valence-electron chi connectivity index (χ0n) is 10.8. The van der Waals surface area contributed by atoms with Crippen LogP contribution in [0.5, 0.6) is 6.01 Å². The smallest absolute Gasteiger partial charge is 0.322 e. The highest BCUT2D eigenvalue weighted by molar-refractivity contribution is 8.00. The summed E-state index contributed by atoms with van der Waals surface area (Å²) in [6.45, 7) is 3.66. The van der Waals surface area contributed by atoms with Crippen LogP contribution >= 0.6 is 11.8 Å². The van der Waals surface area contributed by atoms with Crippen LogP contribution in [0.3, 0.4) is 0 Å². The Bertz CT molecular complexity index is 384. The Labute approximate surface area is 111 Å². The number of ether oxygens (including phenoxy) is 1. The molecular formula is C11H19N5OS. The summed E-state index contributed by atoms with van der Waals surface area (Å²) in [7, 11) is 1.56. The third kappa shape index (κ3) is 3.63. The molecule has 1 atom stereocenters. The van der Waals surface area contributed by atoms with E-state index in [4.69, 9.17) is 4.74 Å². The Morgan fingerprint density at radius 2 is 2.06 bits per heavy atom. The second-order valence-corrected chi connectivity index (χ2v) is 5.42. The predicted octanol–water partition coefficient (Wildman–Crippen LogP) is 1.62. The van der Waals surface area contributed by atoms with Gasteiger partial charge in [0.2, 0.25) is 11.9 Å². The highest BCUT2D eigenvalue weighted by atomic mass is 32.2. The Balaban J connectivity index is 1.98. The molecule has 1 aliphatic rings. The zero-order valence-corrected chi connectivity index (χ0v) is 11.6. The molecule has 1 aromatic rings. The molecule has 0 amide bonds. The molecule has 1 unspecified atom stereocenters. The molecule has 0 aromatic carbocycles. The van der Waals surface area contributed by atoms with Crippen LogP contribution in [0.2, 0.25) is 0 Å². The minimum Gasteiger partial charge on any atom is -0.467 e. The summed E-state index contributed by atoms with van der Waals surface area (Å²) >= 11 is 2.01. The number of rotatable bonds is 6. The standard InChI is InChI=1S/C11H19N5OS/c1-3-12-9-14-10(16-11(15-9)17-2)13-7-8-5-4-6-18-8/h8H,3-7H2,1-2H3,(H2,12,13,14,15,16). The molecule has 6 nitrogen and oxygen atoms in total. The average Bonchev–Trinajstić information content (AvgIpc) is 2.89. The SMILES string of the molecule is CCNc1nc(NCC2CCCS2)nc(OC)n1. The van der Waals surface area contributed by atoms with E-state index in [0.717, 1.165) is 13.1 Å². The lowest BCUT2D eigenvalue weighted by Gasteiger charge is -2.11. The van der Waals surface area contributed by atoms with Crippen LogP contribution in [0.25, 0.3) is 0 Å². The van der Waals surface area contributed by atoms with E-state index in [-0.39, 0.29) is 0 Å². The predicted molar refractivity (Wildman–Crippen MR) is 74.5 cm³/mol. The van der Waals surface area contributed by atoms with Crippen molar-refractivity contribution < 1.29 is 4.74 Å². The van der Waals surface area contributed by atoms with Gasteiger partial charge in [0.15, 0.2) is 0 Å². The van der Waals surface area contributed by atoms with Crippen LogP contribution in [0.4, 0.5) is 11.9 Å². The minimum atomic E-state index is 0.336. The quantitative estimate of drug-likeness (QED) is 0.813. The summed E-state index contributed by atoms with van der Waals surface area (Å²) in [5, 5.41) is 6.98. The Hall–Kier alpha value is -1.24. The number of nitrogens with one attached hydrogen (secondary N) is 2. The molecular weight excluding hydrogens is 250 g/mol. The van der Waals surface area contributed by atoms with Gasteiger partial charge in [-0.2, -0.15) is 26.7 Å². The van der Waals surface area contributed by atoms with Crippen LogP contribution in [-0.2, 0) is 0 Å². The topological polar surface area (TPSA) is 72.0 Å². The lowest BCUT2D eigenvalue weighted by atomic mass is 10.2. The maximum atomic E-state index is 5.07. The number of aromatic nitrogens is 3. The maximum Gasteiger partial charge on any atom is 0.322 e. The largest absolute Gasteiger partial charge is 0.467 e. The van der Waals surface area contributed by atoms with Gasteiger partial charge in [-0.25, -0.2) is 0 Å². The van der Waals surface area contributed by atoms with Gasteiger partial charge in [-0.15, -0.1) is 0 Å². The first-order valence-electron chi connectivity index (χ1n) is 6.21. The molecule has 1 aliphatic heterocycles. The second-order valence-electron chi connectivity index (χ2n) is 4.02. The normalized spacial score (nSPS) is 18.7. The molecule has 0 aliphatic carbocycles. The van der Waals surface area contributed by atoms with E-state index in [0.29, 0.717) is 23.2 Å². The first-order chi connectivity index (χ1) is 8.81. The van der Waals surface area contributed by atoms with Crippen molar-refractivity contribution in [2.24, 2.45) is 0 Å². The maximum absolute atomic E-state index is 5.07. The van der Waals surface area contributed by atoms with Crippen LogP contribution in [0.15, 0.2) is 0 Å². The monoisotopic (exact) mass is 269 g/mol. The summed E-state index contributed by atoms with van der Waals surface area (Å²) < 4.78 is 5.07. The van der Waals surface area contributed by atoms with Crippen molar-refractivity contribution in [3.05, 3.63) is 0 Å². The van der Waals surface area contributed by atoms with Gasteiger partial charge < -0.3 is 15.4 Å². The zero-order chi connectivity index (χ0) is 12.8. The molecule has 2 heterocycles. The van der Waals surface area contributed by atoms with Gasteiger partial charge in [0, 0.05) is 18.3 Å². The summed E-state index contributed by atoms with van der Waals surface area (Å²) in [5.74, 6) is 2.38. The third-order valence-electron chi connectivity index (χ3n) is 2.64. The fraction of sp³-hybridized carbons (Fsp3) is 0.727. The lowest BCUT2D eigenvalue weighted by molar-refractivity contribution is 0.379. The number of hydrogen-bond donors (Lipinski definition) is 2. The van der Waals surface area contributed by atoms with Gasteiger partial charge in [0.1, 0.15) is 0 Å². The molecule has 100 valence electrons. The van der Waals surface area contributed by atoms with Crippen LogP contribution in [0.1, 0.15) is 19.8 Å². The molecule has 0 spiro atoms. The minimum absolute atomic E-state index is 0.336. The first kappa shape index (κ1) is 13.2. The molecule has 0 radical (unpaired) electrons. The number of anilines is 2. The van der Waals surface area contributed by atoms with Crippen molar-refractivity contribution in [3.63, 3.8) is 0 Å². The number of hydrogen-bond acceptors (Lipinski definition) is 7. The van der Waals surface area contributed by atoms with Gasteiger partial charge >= 0.3 is 6.01 Å². The molecule has 2 N–H and O–H groups in total. The first-order valence-corrected chi connectivity index (χ1v) is 7.26. The molecule has 2 rings (SSSR count). The van der Waals surface area contributed by atoms with Crippen LogP contribution in [-0.4, -0.2) is 46.2 Å². The summed E-state index contributed by atoms with van der Waals surface area (Å²) in [5.41, 5.74) is 0. The molecule has 0 bridgehead atoms. The Kier molecular flexibility index (Phi) is 4.86. The van der Waals surface area contributed by atoms with Crippen LogP contribution < -0.4 is 15.4 Å². The lowest BCUT2D eigenvalue weighted by Crippen LogP contribution is -2.16. The van der Waals surface area contributed by atoms with E-state index in [1.807, 2.05) is 18.7 Å². The number of methoxy groups -OCH3 is 1. The molecule has 1 saturated heterocycles. The van der Waals surface area contributed by atoms with Crippen molar-refractivity contribution in [1.82, 2.24) is 15.0 Å². The van der Waals surface area contributed by atoms with E-state index in [2.05, 4.69) is 25.6 Å². The van der Waals surface area contributed by atoms with Crippen molar-refractivity contribution >= 4 is 23.7 Å². The van der Waals surface area contributed by atoms with Gasteiger partial charge in [-0.1, -0.05) is 0 Å². The van der Waals surface area contributed by atoms with Crippen LogP contribution in [0, 0.1) is 0 Å². The van der Waals surface area contributed by atoms with E-state index in [1.165, 1.54) is 18.6 Å². The Morgan fingerprint density at radius 1 is 1.28 bits per heavy atom. The van der Waals surface area contributed by atoms with Gasteiger partial charge in [0.25, 0.3) is 0 Å². The highest BCUT2D eigenvalue weighted by Gasteiger charge is 2.16. The average molecular weight is 269 g/mol. The molecule has 1 aromatic heterocycles. The highest BCUT2D eigenvalue weighted by Crippen LogP contribution is 2.26. The number of nitrogens with zero attached hydrogens (tertiary/aromatic N) is 3. The second kappa shape index (κ2) is 6.63. The Morgan fingerprint density at radius 3 is 2.67 bits per heavy atom. The van der Waals surface area contributed by atoms with Crippen molar-refractivity contribution in [2.45, 2.75) is 25.0 Å². The van der Waals surface area contributed by atoms with E-state index in [1.54, 1.807) is 7.11 Å². The summed E-state index contributed by atoms with van der Waals surface area (Å²) in [6, 6.07) is 0.336.